The molecule has 0 radical (unpaired) electrons. The Hall–Kier alpha value is -4.56. The Morgan fingerprint density at radius 3 is 2.27 bits per heavy atom. The van der Waals surface area contributed by atoms with E-state index in [0.717, 1.165) is 25.8 Å². The SMILES string of the molecule is Cc1ccccc1CC=CC=CC(C)CCC(c1ccccc1-c1cccc[n+]1C)C1C[n+]2ccccc2-c2ccccc21. The van der Waals surface area contributed by atoms with E-state index in [2.05, 4.69) is 176 Å². The number of hydrogen-bond donors (Lipinski definition) is 0. The molecule has 3 aromatic carbocycles. The van der Waals surface area contributed by atoms with Crippen molar-refractivity contribution in [3.8, 4) is 22.5 Å². The number of fused-ring (bicyclic) bond motifs is 3. The van der Waals surface area contributed by atoms with Crippen molar-refractivity contribution in [3.05, 3.63) is 168 Å². The lowest BCUT2D eigenvalue weighted by Crippen LogP contribution is -2.43. The summed E-state index contributed by atoms with van der Waals surface area (Å²) in [6.45, 7) is 5.54. The number of aromatic nitrogens is 2. The monoisotopic (exact) mass is 576 g/mol. The summed E-state index contributed by atoms with van der Waals surface area (Å²) in [5, 5.41) is 0. The Balaban J connectivity index is 1.30. The Kier molecular flexibility index (Phi) is 9.27. The van der Waals surface area contributed by atoms with Gasteiger partial charge in [-0.15, -0.1) is 0 Å². The van der Waals surface area contributed by atoms with E-state index in [1.165, 1.54) is 44.8 Å². The zero-order valence-electron chi connectivity index (χ0n) is 26.3. The number of aryl methyl sites for hydroxylation is 2. The van der Waals surface area contributed by atoms with Gasteiger partial charge in [-0.2, -0.15) is 4.57 Å². The van der Waals surface area contributed by atoms with E-state index in [9.17, 15) is 0 Å². The Morgan fingerprint density at radius 2 is 1.43 bits per heavy atom. The summed E-state index contributed by atoms with van der Waals surface area (Å²) < 4.78 is 4.72. The lowest BCUT2D eigenvalue weighted by Gasteiger charge is -2.32. The van der Waals surface area contributed by atoms with Gasteiger partial charge in [-0.25, -0.2) is 4.57 Å². The lowest BCUT2D eigenvalue weighted by atomic mass is 9.73. The van der Waals surface area contributed by atoms with Gasteiger partial charge in [0.25, 0.3) is 0 Å². The highest BCUT2D eigenvalue weighted by Crippen LogP contribution is 2.45. The molecule has 0 bridgehead atoms. The molecule has 5 aromatic rings. The van der Waals surface area contributed by atoms with Crippen LogP contribution in [0, 0.1) is 12.8 Å². The molecule has 1 aliphatic heterocycles. The number of pyridine rings is 2. The molecule has 0 N–H and O–H groups in total. The number of hydrogen-bond acceptors (Lipinski definition) is 0. The number of nitrogens with zero attached hydrogens (tertiary/aromatic N) is 2. The van der Waals surface area contributed by atoms with Crippen molar-refractivity contribution in [3.63, 3.8) is 0 Å². The average molecular weight is 577 g/mol. The van der Waals surface area contributed by atoms with Crippen LogP contribution in [0.2, 0.25) is 0 Å². The number of rotatable bonds is 10. The lowest BCUT2D eigenvalue weighted by molar-refractivity contribution is -0.691. The highest BCUT2D eigenvalue weighted by Gasteiger charge is 2.37. The fraction of sp³-hybridized carbons (Fsp3) is 0.238. The van der Waals surface area contributed by atoms with Gasteiger partial charge in [0.2, 0.25) is 11.4 Å². The summed E-state index contributed by atoms with van der Waals surface area (Å²) in [5.41, 5.74) is 10.9. The smallest absolute Gasteiger partial charge is 0.201 e. The largest absolute Gasteiger partial charge is 0.212 e. The summed E-state index contributed by atoms with van der Waals surface area (Å²) in [4.78, 5) is 0. The first-order valence-corrected chi connectivity index (χ1v) is 16.1. The Labute approximate surface area is 263 Å². The quantitative estimate of drug-likeness (QED) is 0.116. The molecule has 3 unspecified atom stereocenters. The van der Waals surface area contributed by atoms with Crippen LogP contribution in [-0.2, 0) is 20.0 Å². The second kappa shape index (κ2) is 13.8. The molecule has 0 amide bonds. The van der Waals surface area contributed by atoms with E-state index in [4.69, 9.17) is 0 Å². The fourth-order valence-corrected chi connectivity index (χ4v) is 6.92. The minimum absolute atomic E-state index is 0.376. The highest BCUT2D eigenvalue weighted by molar-refractivity contribution is 5.66. The van der Waals surface area contributed by atoms with Crippen LogP contribution in [0.5, 0.6) is 0 Å². The number of allylic oxidation sites excluding steroid dienone is 4. The third kappa shape index (κ3) is 6.50. The van der Waals surface area contributed by atoms with Gasteiger partial charge in [0.1, 0.15) is 7.05 Å². The van der Waals surface area contributed by atoms with Gasteiger partial charge in [0.15, 0.2) is 18.9 Å². The molecule has 3 atom stereocenters. The van der Waals surface area contributed by atoms with Crippen molar-refractivity contribution in [1.29, 1.82) is 0 Å². The first kappa shape index (κ1) is 29.5. The maximum Gasteiger partial charge on any atom is 0.212 e. The molecule has 6 rings (SSSR count). The highest BCUT2D eigenvalue weighted by atomic mass is 15.0. The Morgan fingerprint density at radius 1 is 0.727 bits per heavy atom. The molecule has 0 saturated carbocycles. The molecule has 3 heterocycles. The zero-order valence-corrected chi connectivity index (χ0v) is 26.3. The normalized spacial score (nSPS) is 15.7. The van der Waals surface area contributed by atoms with E-state index in [1.54, 1.807) is 0 Å². The molecule has 44 heavy (non-hydrogen) atoms. The maximum atomic E-state index is 2.47. The van der Waals surface area contributed by atoms with Crippen molar-refractivity contribution >= 4 is 0 Å². The van der Waals surface area contributed by atoms with Crippen LogP contribution in [0.1, 0.15) is 53.9 Å². The summed E-state index contributed by atoms with van der Waals surface area (Å²) in [6.07, 6.45) is 16.8. The van der Waals surface area contributed by atoms with Gasteiger partial charge in [0.05, 0.1) is 5.92 Å². The summed E-state index contributed by atoms with van der Waals surface area (Å²) in [7, 11) is 2.16. The van der Waals surface area contributed by atoms with Crippen LogP contribution < -0.4 is 9.13 Å². The third-order valence-electron chi connectivity index (χ3n) is 9.37. The molecule has 2 heteroatoms. The van der Waals surface area contributed by atoms with Gasteiger partial charge >= 0.3 is 0 Å². The predicted molar refractivity (Wildman–Crippen MR) is 182 cm³/mol. The van der Waals surface area contributed by atoms with E-state index >= 15 is 0 Å². The molecule has 0 fully saturated rings. The maximum absolute atomic E-state index is 2.47. The van der Waals surface area contributed by atoms with Crippen molar-refractivity contribution in [2.24, 2.45) is 13.0 Å². The van der Waals surface area contributed by atoms with Gasteiger partial charge in [-0.3, -0.25) is 0 Å². The van der Waals surface area contributed by atoms with Crippen LogP contribution in [-0.4, -0.2) is 0 Å². The fourth-order valence-electron chi connectivity index (χ4n) is 6.92. The van der Waals surface area contributed by atoms with Crippen LogP contribution in [0.3, 0.4) is 0 Å². The second-order valence-corrected chi connectivity index (χ2v) is 12.3. The van der Waals surface area contributed by atoms with Crippen LogP contribution >= 0.6 is 0 Å². The number of benzene rings is 3. The first-order valence-electron chi connectivity index (χ1n) is 16.1. The van der Waals surface area contributed by atoms with Gasteiger partial charge in [0, 0.05) is 35.4 Å². The first-order chi connectivity index (χ1) is 21.6. The minimum Gasteiger partial charge on any atom is -0.201 e. The second-order valence-electron chi connectivity index (χ2n) is 12.3. The van der Waals surface area contributed by atoms with E-state index in [0.29, 0.717) is 17.8 Å². The molecule has 0 saturated heterocycles. The van der Waals surface area contributed by atoms with Crippen molar-refractivity contribution < 1.29 is 9.13 Å². The van der Waals surface area contributed by atoms with Gasteiger partial charge in [-0.1, -0.05) is 91.9 Å². The topological polar surface area (TPSA) is 7.76 Å². The van der Waals surface area contributed by atoms with Gasteiger partial charge < -0.3 is 0 Å². The van der Waals surface area contributed by atoms with Crippen LogP contribution in [0.25, 0.3) is 22.5 Å². The molecular formula is C42H44N2+2. The van der Waals surface area contributed by atoms with Crippen LogP contribution in [0.15, 0.2) is 146 Å². The molecular weight excluding hydrogens is 532 g/mol. The van der Waals surface area contributed by atoms with Crippen LogP contribution in [0.4, 0.5) is 0 Å². The molecule has 2 nitrogen and oxygen atoms in total. The van der Waals surface area contributed by atoms with Crippen molar-refractivity contribution in [2.45, 2.75) is 51.5 Å². The molecule has 0 aliphatic carbocycles. The van der Waals surface area contributed by atoms with E-state index in [1.807, 2.05) is 0 Å². The Bertz CT molecular complexity index is 1780. The molecule has 0 spiro atoms. The van der Waals surface area contributed by atoms with Crippen molar-refractivity contribution in [2.75, 3.05) is 0 Å². The van der Waals surface area contributed by atoms with E-state index in [-0.39, 0.29) is 0 Å². The van der Waals surface area contributed by atoms with Crippen molar-refractivity contribution in [1.82, 2.24) is 0 Å². The third-order valence-corrected chi connectivity index (χ3v) is 9.37. The predicted octanol–water partition coefficient (Wildman–Crippen LogP) is 9.09. The summed E-state index contributed by atoms with van der Waals surface area (Å²) >= 11 is 0. The minimum atomic E-state index is 0.376. The van der Waals surface area contributed by atoms with E-state index < -0.39 is 0 Å². The average Bonchev–Trinajstić information content (AvgIpc) is 3.06. The summed E-state index contributed by atoms with van der Waals surface area (Å²) in [5.74, 6) is 1.24. The van der Waals surface area contributed by atoms with Gasteiger partial charge in [-0.05, 0) is 84.5 Å². The molecule has 220 valence electrons. The standard InChI is InChI=1S/C42H44N2/c1-32(17-5-4-6-19-34-20-8-7-18-33(34)2)27-28-37(35-21-9-11-23-38(35)41-25-13-15-29-43(41)3)40-31-44-30-16-14-26-42(44)39-24-12-10-22-36(39)40/h4-18,20-26,29-30,32,37,40H,19,27-28,31H2,1-3H3/q+2. The molecule has 1 aliphatic rings. The summed E-state index contributed by atoms with van der Waals surface area (Å²) in [6, 6.07) is 40.0. The zero-order chi connectivity index (χ0) is 30.3. The molecule has 2 aromatic heterocycles.